The van der Waals surface area contributed by atoms with E-state index in [4.69, 9.17) is 22.1 Å². The third-order valence-electron chi connectivity index (χ3n) is 7.69. The summed E-state index contributed by atoms with van der Waals surface area (Å²) < 4.78 is 48.7. The molecule has 0 radical (unpaired) electrons. The largest absolute Gasteiger partial charge is 0.382 e. The number of nitrogens with zero attached hydrogens (tertiary/aromatic N) is 4. The van der Waals surface area contributed by atoms with Gasteiger partial charge in [-0.3, -0.25) is 14.9 Å². The van der Waals surface area contributed by atoms with E-state index in [1.807, 2.05) is 0 Å². The van der Waals surface area contributed by atoms with E-state index in [0.29, 0.717) is 29.4 Å². The molecule has 0 bridgehead atoms. The number of hydrogen-bond donors (Lipinski definition) is 2. The fourth-order valence-corrected chi connectivity index (χ4v) is 6.74. The van der Waals surface area contributed by atoms with Crippen LogP contribution < -0.4 is 11.1 Å². The summed E-state index contributed by atoms with van der Waals surface area (Å²) in [5, 5.41) is 14.5. The summed E-state index contributed by atoms with van der Waals surface area (Å²) in [6.45, 7) is 0.856. The Bertz CT molecular complexity index is 1890. The molecule has 12 nitrogen and oxygen atoms in total. The third-order valence-corrected chi connectivity index (χ3v) is 9.80. The minimum absolute atomic E-state index is 0.108. The topological polar surface area (TPSA) is 171 Å². The molecule has 0 spiro atoms. The lowest BCUT2D eigenvalue weighted by Crippen LogP contribution is -2.39. The number of likely N-dealkylation sites (N-methyl/N-ethyl adjacent to an activating group) is 1. The monoisotopic (exact) mass is 668 g/mol. The summed E-state index contributed by atoms with van der Waals surface area (Å²) in [6, 6.07) is 14.2. The van der Waals surface area contributed by atoms with Crippen molar-refractivity contribution in [1.82, 2.24) is 19.6 Å². The Kier molecular flexibility index (Phi) is 9.91. The molecule has 1 fully saturated rings. The van der Waals surface area contributed by atoms with E-state index in [1.54, 1.807) is 24.4 Å². The normalized spacial score (nSPS) is 14.6. The zero-order chi connectivity index (χ0) is 33.0. The van der Waals surface area contributed by atoms with E-state index in [9.17, 15) is 23.3 Å². The molecule has 240 valence electrons. The van der Waals surface area contributed by atoms with Crippen LogP contribution in [0.15, 0.2) is 77.8 Å². The fraction of sp³-hybridized carbons (Fsp3) is 0.258. The predicted octanol–water partition coefficient (Wildman–Crippen LogP) is 5.11. The number of sulfonamides is 1. The first-order valence-corrected chi connectivity index (χ1v) is 16.0. The van der Waals surface area contributed by atoms with Gasteiger partial charge in [0, 0.05) is 49.4 Å². The molecule has 4 aromatic rings. The first-order valence-electron chi connectivity index (χ1n) is 14.2. The van der Waals surface area contributed by atoms with E-state index in [1.165, 1.54) is 37.4 Å². The number of aromatic nitrogens is 2. The van der Waals surface area contributed by atoms with E-state index in [2.05, 4.69) is 15.3 Å². The molecule has 46 heavy (non-hydrogen) atoms. The highest BCUT2D eigenvalue weighted by Gasteiger charge is 2.32. The predicted molar refractivity (Wildman–Crippen MR) is 169 cm³/mol. The molecular weight excluding hydrogens is 639 g/mol. The molecule has 1 aliphatic rings. The van der Waals surface area contributed by atoms with Crippen LogP contribution in [0, 0.1) is 15.9 Å². The molecule has 3 aromatic carbocycles. The van der Waals surface area contributed by atoms with Crippen LogP contribution in [0.1, 0.15) is 46.4 Å². The van der Waals surface area contributed by atoms with Crippen molar-refractivity contribution in [1.29, 1.82) is 0 Å². The number of nitrogens with two attached hydrogens (primary N) is 1. The van der Waals surface area contributed by atoms with Crippen molar-refractivity contribution >= 4 is 39.0 Å². The lowest BCUT2D eigenvalue weighted by atomic mass is 9.96. The molecule has 1 aliphatic heterocycles. The Hall–Kier alpha value is -4.50. The summed E-state index contributed by atoms with van der Waals surface area (Å²) in [7, 11) is -3.16. The van der Waals surface area contributed by atoms with E-state index in [-0.39, 0.29) is 29.5 Å². The van der Waals surface area contributed by atoms with Gasteiger partial charge in [0.15, 0.2) is 4.90 Å². The Morgan fingerprint density at radius 2 is 1.91 bits per heavy atom. The zero-order valence-corrected chi connectivity index (χ0v) is 26.2. The van der Waals surface area contributed by atoms with Crippen LogP contribution in [0.4, 0.5) is 15.9 Å². The molecule has 1 atom stereocenters. The van der Waals surface area contributed by atoms with E-state index >= 15 is 4.39 Å². The van der Waals surface area contributed by atoms with Crippen LogP contribution in [0.25, 0.3) is 11.3 Å². The van der Waals surface area contributed by atoms with Gasteiger partial charge < -0.3 is 15.8 Å². The van der Waals surface area contributed by atoms with Crippen molar-refractivity contribution in [3.8, 4) is 11.3 Å². The number of nitrogens with one attached hydrogen (secondary N) is 1. The number of ether oxygens (including phenoxy) is 1. The Morgan fingerprint density at radius 1 is 1.17 bits per heavy atom. The maximum atomic E-state index is 15.5. The lowest BCUT2D eigenvalue weighted by Gasteiger charge is -2.25. The van der Waals surface area contributed by atoms with Crippen LogP contribution in [0.2, 0.25) is 5.02 Å². The summed E-state index contributed by atoms with van der Waals surface area (Å²) in [5.74, 6) is -1.45. The number of benzene rings is 3. The van der Waals surface area contributed by atoms with Crippen molar-refractivity contribution < 1.29 is 27.3 Å². The highest BCUT2D eigenvalue weighted by Crippen LogP contribution is 2.31. The van der Waals surface area contributed by atoms with Crippen LogP contribution in [0.5, 0.6) is 0 Å². The van der Waals surface area contributed by atoms with Gasteiger partial charge in [-0.2, -0.15) is 4.31 Å². The van der Waals surface area contributed by atoms with Gasteiger partial charge in [-0.1, -0.05) is 41.9 Å². The highest BCUT2D eigenvalue weighted by atomic mass is 35.5. The van der Waals surface area contributed by atoms with Crippen molar-refractivity contribution in [2.75, 3.05) is 32.5 Å². The number of nitro benzene ring substituents is 1. The van der Waals surface area contributed by atoms with Gasteiger partial charge in [-0.05, 0) is 48.7 Å². The lowest BCUT2D eigenvalue weighted by molar-refractivity contribution is -0.387. The maximum absolute atomic E-state index is 15.5. The first-order chi connectivity index (χ1) is 22.0. The van der Waals surface area contributed by atoms with Gasteiger partial charge >= 0.3 is 0 Å². The Balaban J connectivity index is 1.41. The van der Waals surface area contributed by atoms with Crippen LogP contribution >= 0.6 is 11.6 Å². The van der Waals surface area contributed by atoms with Gasteiger partial charge in [-0.15, -0.1) is 0 Å². The summed E-state index contributed by atoms with van der Waals surface area (Å²) in [4.78, 5) is 32.6. The highest BCUT2D eigenvalue weighted by molar-refractivity contribution is 7.89. The number of anilines is 1. The number of carbonyl (C=O) groups excluding carboxylic acids is 1. The molecule has 1 amide bonds. The van der Waals surface area contributed by atoms with Crippen molar-refractivity contribution in [2.24, 2.45) is 0 Å². The fourth-order valence-electron chi connectivity index (χ4n) is 5.20. The maximum Gasteiger partial charge on any atom is 0.289 e. The number of nitro groups is 1. The van der Waals surface area contributed by atoms with Gasteiger partial charge in [0.1, 0.15) is 17.3 Å². The Labute approximate surface area is 269 Å². The van der Waals surface area contributed by atoms with E-state index in [0.717, 1.165) is 41.0 Å². The number of para-hydroxylation sites is 1. The van der Waals surface area contributed by atoms with Gasteiger partial charge in [-0.25, -0.2) is 22.8 Å². The molecule has 1 saturated heterocycles. The summed E-state index contributed by atoms with van der Waals surface area (Å²) in [6.07, 6.45) is 3.16. The zero-order valence-electron chi connectivity index (χ0n) is 24.6. The number of amides is 1. The SMILES string of the molecule is CN(C[C@@H](NC(=O)c1ccc(-c2nc(C3CCOCC3)cnc2N)cc1F)c1cccc(Cl)c1)S(=O)(=O)c1ccccc1[N+](=O)[O-]. The summed E-state index contributed by atoms with van der Waals surface area (Å²) >= 11 is 6.19. The summed E-state index contributed by atoms with van der Waals surface area (Å²) in [5.41, 5.74) is 6.94. The number of hydrogen-bond acceptors (Lipinski definition) is 9. The third kappa shape index (κ3) is 7.15. The molecule has 2 heterocycles. The molecule has 15 heteroatoms. The standard InChI is InChI=1S/C31H30ClFN6O6S/c1-38(46(43,44)28-8-3-2-7-27(28)39(41)42)18-26(20-5-4-6-22(32)15-20)37-31(40)23-10-9-21(16-24(23)33)29-30(34)35-17-25(36-29)19-11-13-45-14-12-19/h2-10,15-17,19,26H,11-14,18H2,1H3,(H2,34,35)(H,37,40)/t26-/m1/s1. The molecule has 1 aromatic heterocycles. The molecule has 0 aliphatic carbocycles. The number of nitrogen functional groups attached to an aromatic ring is 1. The minimum Gasteiger partial charge on any atom is -0.382 e. The average Bonchev–Trinajstić information content (AvgIpc) is 3.04. The van der Waals surface area contributed by atoms with Crippen molar-refractivity contribution in [3.05, 3.63) is 111 Å². The molecule has 3 N–H and O–H groups in total. The van der Waals surface area contributed by atoms with Crippen molar-refractivity contribution in [2.45, 2.75) is 29.7 Å². The second-order valence-corrected chi connectivity index (χ2v) is 13.2. The number of carbonyl (C=O) groups is 1. The number of halogens is 2. The first kappa shape index (κ1) is 32.9. The van der Waals surface area contributed by atoms with Crippen molar-refractivity contribution in [3.63, 3.8) is 0 Å². The molecular formula is C31H30ClFN6O6S. The smallest absolute Gasteiger partial charge is 0.289 e. The van der Waals surface area contributed by atoms with Crippen LogP contribution in [0.3, 0.4) is 0 Å². The molecule has 0 saturated carbocycles. The second kappa shape index (κ2) is 13.9. The molecule has 5 rings (SSSR count). The van der Waals surface area contributed by atoms with Gasteiger partial charge in [0.05, 0.1) is 28.4 Å². The number of rotatable bonds is 10. The van der Waals surface area contributed by atoms with E-state index < -0.39 is 43.3 Å². The van der Waals surface area contributed by atoms with Gasteiger partial charge in [0.25, 0.3) is 11.6 Å². The van der Waals surface area contributed by atoms with Crippen LogP contribution in [-0.4, -0.2) is 60.3 Å². The second-order valence-electron chi connectivity index (χ2n) is 10.7. The molecule has 0 unspecified atom stereocenters. The Morgan fingerprint density at radius 3 is 2.61 bits per heavy atom. The quantitative estimate of drug-likeness (QED) is 0.172. The van der Waals surface area contributed by atoms with Gasteiger partial charge in [0.2, 0.25) is 10.0 Å². The van der Waals surface area contributed by atoms with Crippen LogP contribution in [-0.2, 0) is 14.8 Å². The minimum atomic E-state index is -4.39. The average molecular weight is 669 g/mol.